The maximum absolute atomic E-state index is 12.6. The number of hydrogen-bond donors (Lipinski definition) is 2. The summed E-state index contributed by atoms with van der Waals surface area (Å²) in [6.45, 7) is 8.56. The van der Waals surface area contributed by atoms with E-state index in [1.807, 2.05) is 7.05 Å². The van der Waals surface area contributed by atoms with Crippen molar-refractivity contribution in [1.82, 2.24) is 25.3 Å². The van der Waals surface area contributed by atoms with Gasteiger partial charge < -0.3 is 25.3 Å². The molecule has 0 aromatic rings. The minimum atomic E-state index is 0.287. The fourth-order valence-corrected chi connectivity index (χ4v) is 4.73. The van der Waals surface area contributed by atoms with Crippen molar-refractivity contribution in [3.63, 3.8) is 0 Å². The Morgan fingerprint density at radius 2 is 1.86 bits per heavy atom. The Kier molecular flexibility index (Phi) is 8.40. The highest BCUT2D eigenvalue weighted by molar-refractivity contribution is 5.81. The highest BCUT2D eigenvalue weighted by Crippen LogP contribution is 2.27. The summed E-state index contributed by atoms with van der Waals surface area (Å²) in [6, 6.07) is 0.317. The van der Waals surface area contributed by atoms with Crippen LogP contribution in [-0.4, -0.2) is 99.1 Å². The molecular formula is C21H40N6O. The first kappa shape index (κ1) is 21.4. The smallest absolute Gasteiger partial charge is 0.225 e. The molecule has 0 radical (unpaired) electrons. The molecular weight excluding hydrogens is 352 g/mol. The quantitative estimate of drug-likeness (QED) is 0.401. The number of likely N-dealkylation sites (N-methyl/N-ethyl adjacent to an activating group) is 1. The third kappa shape index (κ3) is 6.34. The standard InChI is InChI=1S/C21H40N6O/c1-22-21(23-10-5-12-26-13-6-11-25(2)15-16-26)24-19-9-14-27(17-19)20(28)18-7-3-4-8-18/h18-19H,3-17H2,1-2H3,(H2,22,23,24). The minimum absolute atomic E-state index is 0.287. The number of rotatable bonds is 6. The largest absolute Gasteiger partial charge is 0.356 e. The van der Waals surface area contributed by atoms with Crippen LogP contribution in [0.5, 0.6) is 0 Å². The Morgan fingerprint density at radius 3 is 2.64 bits per heavy atom. The van der Waals surface area contributed by atoms with Crippen LogP contribution in [0, 0.1) is 5.92 Å². The van der Waals surface area contributed by atoms with Gasteiger partial charge >= 0.3 is 0 Å². The maximum atomic E-state index is 12.6. The molecule has 2 N–H and O–H groups in total. The number of nitrogens with one attached hydrogen (secondary N) is 2. The van der Waals surface area contributed by atoms with E-state index in [4.69, 9.17) is 0 Å². The first-order valence-electron chi connectivity index (χ1n) is 11.3. The Morgan fingerprint density at radius 1 is 1.04 bits per heavy atom. The fourth-order valence-electron chi connectivity index (χ4n) is 4.73. The van der Waals surface area contributed by atoms with Crippen LogP contribution in [0.25, 0.3) is 0 Å². The number of carbonyl (C=O) groups excluding carboxylic acids is 1. The third-order valence-electron chi connectivity index (χ3n) is 6.52. The summed E-state index contributed by atoms with van der Waals surface area (Å²) in [5.41, 5.74) is 0. The molecule has 1 aliphatic carbocycles. The molecule has 0 bridgehead atoms. The molecule has 2 heterocycles. The van der Waals surface area contributed by atoms with Gasteiger partial charge in [-0.3, -0.25) is 9.79 Å². The Labute approximate surface area is 170 Å². The van der Waals surface area contributed by atoms with Gasteiger partial charge in [0.1, 0.15) is 0 Å². The molecule has 1 amide bonds. The average molecular weight is 393 g/mol. The predicted molar refractivity (Wildman–Crippen MR) is 115 cm³/mol. The van der Waals surface area contributed by atoms with Gasteiger partial charge in [0.15, 0.2) is 5.96 Å². The van der Waals surface area contributed by atoms with Crippen molar-refractivity contribution in [2.24, 2.45) is 10.9 Å². The molecule has 2 aliphatic heterocycles. The van der Waals surface area contributed by atoms with E-state index in [2.05, 4.69) is 37.4 Å². The van der Waals surface area contributed by atoms with E-state index in [1.165, 1.54) is 45.4 Å². The first-order chi connectivity index (χ1) is 13.7. The molecule has 0 spiro atoms. The molecule has 7 heteroatoms. The van der Waals surface area contributed by atoms with Crippen LogP contribution in [0.3, 0.4) is 0 Å². The van der Waals surface area contributed by atoms with Gasteiger partial charge in [0, 0.05) is 51.7 Å². The lowest BCUT2D eigenvalue weighted by atomic mass is 10.1. The highest BCUT2D eigenvalue weighted by Gasteiger charge is 2.32. The molecule has 3 aliphatic rings. The normalized spacial score (nSPS) is 25.9. The van der Waals surface area contributed by atoms with Crippen LogP contribution in [0.1, 0.15) is 44.9 Å². The number of nitrogens with zero attached hydrogens (tertiary/aromatic N) is 4. The lowest BCUT2D eigenvalue weighted by molar-refractivity contribution is -0.134. The molecule has 2 saturated heterocycles. The highest BCUT2D eigenvalue weighted by atomic mass is 16.2. The summed E-state index contributed by atoms with van der Waals surface area (Å²) >= 11 is 0. The Bertz CT molecular complexity index is 519. The second-order valence-electron chi connectivity index (χ2n) is 8.75. The SMILES string of the molecule is CN=C(NCCCN1CCCN(C)CC1)NC1CCN(C(=O)C2CCCC2)C1. The number of hydrogen-bond acceptors (Lipinski definition) is 4. The van der Waals surface area contributed by atoms with Gasteiger partial charge in [-0.05, 0) is 58.8 Å². The molecule has 1 saturated carbocycles. The van der Waals surface area contributed by atoms with Crippen molar-refractivity contribution in [3.05, 3.63) is 0 Å². The molecule has 1 unspecified atom stereocenters. The van der Waals surface area contributed by atoms with Crippen molar-refractivity contribution in [3.8, 4) is 0 Å². The van der Waals surface area contributed by atoms with Crippen LogP contribution in [0.2, 0.25) is 0 Å². The molecule has 1 atom stereocenters. The van der Waals surface area contributed by atoms with Crippen LogP contribution in [-0.2, 0) is 4.79 Å². The number of carbonyl (C=O) groups is 1. The van der Waals surface area contributed by atoms with Crippen LogP contribution < -0.4 is 10.6 Å². The van der Waals surface area contributed by atoms with Crippen LogP contribution >= 0.6 is 0 Å². The zero-order valence-corrected chi connectivity index (χ0v) is 18.0. The van der Waals surface area contributed by atoms with E-state index in [0.717, 1.165) is 57.8 Å². The van der Waals surface area contributed by atoms with Crippen molar-refractivity contribution < 1.29 is 4.79 Å². The van der Waals surface area contributed by atoms with Gasteiger partial charge in [-0.25, -0.2) is 0 Å². The van der Waals surface area contributed by atoms with Gasteiger partial charge in [0.2, 0.25) is 5.91 Å². The lowest BCUT2D eigenvalue weighted by Crippen LogP contribution is -2.46. The van der Waals surface area contributed by atoms with Crippen LogP contribution in [0.4, 0.5) is 0 Å². The van der Waals surface area contributed by atoms with Crippen LogP contribution in [0.15, 0.2) is 4.99 Å². The number of aliphatic imine (C=N–C) groups is 1. The van der Waals surface area contributed by atoms with Crippen molar-refractivity contribution in [1.29, 1.82) is 0 Å². The van der Waals surface area contributed by atoms with Gasteiger partial charge in [-0.15, -0.1) is 0 Å². The van der Waals surface area contributed by atoms with Crippen molar-refractivity contribution >= 4 is 11.9 Å². The molecule has 3 rings (SSSR count). The predicted octanol–water partition coefficient (Wildman–Crippen LogP) is 0.970. The summed E-state index contributed by atoms with van der Waals surface area (Å²) in [4.78, 5) is 24.0. The molecule has 7 nitrogen and oxygen atoms in total. The van der Waals surface area contributed by atoms with E-state index >= 15 is 0 Å². The van der Waals surface area contributed by atoms with Crippen molar-refractivity contribution in [2.45, 2.75) is 51.0 Å². The van der Waals surface area contributed by atoms with Gasteiger partial charge in [-0.1, -0.05) is 12.8 Å². The maximum Gasteiger partial charge on any atom is 0.225 e. The summed E-state index contributed by atoms with van der Waals surface area (Å²) in [7, 11) is 4.04. The Balaban J connectivity index is 1.32. The second kappa shape index (κ2) is 11.0. The zero-order chi connectivity index (χ0) is 19.8. The van der Waals surface area contributed by atoms with E-state index in [-0.39, 0.29) is 5.92 Å². The first-order valence-corrected chi connectivity index (χ1v) is 11.3. The fraction of sp³-hybridized carbons (Fsp3) is 0.905. The summed E-state index contributed by atoms with van der Waals surface area (Å²) in [6.07, 6.45) is 8.02. The molecule has 0 aromatic heterocycles. The molecule has 160 valence electrons. The molecule has 0 aromatic carbocycles. The van der Waals surface area contributed by atoms with E-state index < -0.39 is 0 Å². The summed E-state index contributed by atoms with van der Waals surface area (Å²) in [5.74, 6) is 1.54. The summed E-state index contributed by atoms with van der Waals surface area (Å²) < 4.78 is 0. The van der Waals surface area contributed by atoms with E-state index in [0.29, 0.717) is 11.9 Å². The second-order valence-corrected chi connectivity index (χ2v) is 8.75. The number of amides is 1. The topological polar surface area (TPSA) is 63.2 Å². The average Bonchev–Trinajstić information content (AvgIpc) is 3.35. The molecule has 3 fully saturated rings. The monoisotopic (exact) mass is 392 g/mol. The van der Waals surface area contributed by atoms with Gasteiger partial charge in [0.05, 0.1) is 0 Å². The van der Waals surface area contributed by atoms with Gasteiger partial charge in [-0.2, -0.15) is 0 Å². The van der Waals surface area contributed by atoms with Gasteiger partial charge in [0.25, 0.3) is 0 Å². The Hall–Kier alpha value is -1.34. The zero-order valence-electron chi connectivity index (χ0n) is 18.0. The van der Waals surface area contributed by atoms with Crippen molar-refractivity contribution in [2.75, 3.05) is 66.5 Å². The lowest BCUT2D eigenvalue weighted by Gasteiger charge is -2.22. The third-order valence-corrected chi connectivity index (χ3v) is 6.52. The van der Waals surface area contributed by atoms with E-state index in [1.54, 1.807) is 0 Å². The molecule has 28 heavy (non-hydrogen) atoms. The summed E-state index contributed by atoms with van der Waals surface area (Å²) in [5, 5.41) is 6.98. The number of guanidine groups is 1. The number of likely N-dealkylation sites (tertiary alicyclic amines) is 1. The van der Waals surface area contributed by atoms with E-state index in [9.17, 15) is 4.79 Å². The minimum Gasteiger partial charge on any atom is -0.356 e.